The molecule has 0 saturated heterocycles. The lowest BCUT2D eigenvalue weighted by Gasteiger charge is -2.20. The van der Waals surface area contributed by atoms with Gasteiger partial charge in [-0.2, -0.15) is 0 Å². The van der Waals surface area contributed by atoms with Gasteiger partial charge < -0.3 is 10.1 Å². The highest BCUT2D eigenvalue weighted by molar-refractivity contribution is 4.68. The van der Waals surface area contributed by atoms with Crippen LogP contribution in [0.4, 0.5) is 0 Å². The fraction of sp³-hybridized carbons (Fsp3) is 1.00. The second-order valence-corrected chi connectivity index (χ2v) is 3.41. The van der Waals surface area contributed by atoms with E-state index in [0.717, 1.165) is 19.3 Å². The molecule has 1 saturated carbocycles. The Hall–Kier alpha value is -0.0800. The van der Waals surface area contributed by atoms with E-state index in [0.29, 0.717) is 0 Å². The quantitative estimate of drug-likeness (QED) is 0.733. The topological polar surface area (TPSA) is 21.3 Å². The molecule has 1 aliphatic rings. The molecule has 1 fully saturated rings. The van der Waals surface area contributed by atoms with E-state index >= 15 is 0 Å². The van der Waals surface area contributed by atoms with Crippen molar-refractivity contribution < 1.29 is 4.74 Å². The predicted molar refractivity (Wildman–Crippen MR) is 58.1 cm³/mol. The number of hydrogen-bond donors (Lipinski definition) is 1. The molecule has 0 radical (unpaired) electrons. The highest BCUT2D eigenvalue weighted by atomic mass is 16.5. The zero-order chi connectivity index (χ0) is 9.94. The summed E-state index contributed by atoms with van der Waals surface area (Å²) in [4.78, 5) is 0. The molecule has 2 nitrogen and oxygen atoms in total. The highest BCUT2D eigenvalue weighted by Crippen LogP contribution is 2.16. The first kappa shape index (κ1) is 12.9. The van der Waals surface area contributed by atoms with Gasteiger partial charge in [-0.1, -0.05) is 19.3 Å². The number of rotatable bonds is 3. The lowest BCUT2D eigenvalue weighted by molar-refractivity contribution is 0.162. The van der Waals surface area contributed by atoms with E-state index in [1.54, 1.807) is 0 Å². The van der Waals surface area contributed by atoms with Crippen molar-refractivity contribution in [3.63, 3.8) is 0 Å². The normalized spacial score (nSPS) is 17.8. The number of hydrogen-bond acceptors (Lipinski definition) is 2. The van der Waals surface area contributed by atoms with Gasteiger partial charge in [0.25, 0.3) is 0 Å². The number of ether oxygens (including phenoxy) is 1. The van der Waals surface area contributed by atoms with Crippen LogP contribution in [0.25, 0.3) is 0 Å². The van der Waals surface area contributed by atoms with Crippen molar-refractivity contribution in [2.45, 2.75) is 52.0 Å². The van der Waals surface area contributed by atoms with Gasteiger partial charge in [-0.05, 0) is 33.7 Å². The fourth-order valence-corrected chi connectivity index (χ4v) is 1.60. The van der Waals surface area contributed by atoms with E-state index in [-0.39, 0.29) is 0 Å². The SMILES string of the molecule is CCOCC.CNC1CCCCC1. The summed E-state index contributed by atoms with van der Waals surface area (Å²) in [7, 11) is 2.07. The summed E-state index contributed by atoms with van der Waals surface area (Å²) in [6.45, 7) is 5.67. The Kier molecular flexibility index (Phi) is 9.94. The van der Waals surface area contributed by atoms with Crippen LogP contribution >= 0.6 is 0 Å². The van der Waals surface area contributed by atoms with Crippen LogP contribution < -0.4 is 5.32 Å². The van der Waals surface area contributed by atoms with Gasteiger partial charge >= 0.3 is 0 Å². The number of nitrogens with one attached hydrogen (secondary N) is 1. The molecule has 80 valence electrons. The molecule has 1 N–H and O–H groups in total. The van der Waals surface area contributed by atoms with Crippen LogP contribution in [-0.4, -0.2) is 26.3 Å². The predicted octanol–water partition coefficient (Wildman–Crippen LogP) is 2.58. The highest BCUT2D eigenvalue weighted by Gasteiger charge is 2.09. The van der Waals surface area contributed by atoms with Crippen LogP contribution in [0.3, 0.4) is 0 Å². The van der Waals surface area contributed by atoms with Crippen molar-refractivity contribution >= 4 is 0 Å². The van der Waals surface area contributed by atoms with Crippen molar-refractivity contribution in [2.24, 2.45) is 0 Å². The summed E-state index contributed by atoms with van der Waals surface area (Å²) >= 11 is 0. The monoisotopic (exact) mass is 187 g/mol. The summed E-state index contributed by atoms with van der Waals surface area (Å²) in [6.07, 6.45) is 7.13. The van der Waals surface area contributed by atoms with E-state index in [4.69, 9.17) is 4.74 Å². The third-order valence-corrected chi connectivity index (χ3v) is 2.42. The summed E-state index contributed by atoms with van der Waals surface area (Å²) < 4.78 is 4.83. The van der Waals surface area contributed by atoms with Crippen LogP contribution in [0.5, 0.6) is 0 Å². The molecule has 0 atom stereocenters. The van der Waals surface area contributed by atoms with Gasteiger partial charge in [-0.3, -0.25) is 0 Å². The van der Waals surface area contributed by atoms with E-state index in [2.05, 4.69) is 12.4 Å². The minimum absolute atomic E-state index is 0.837. The lowest BCUT2D eigenvalue weighted by Crippen LogP contribution is -2.26. The zero-order valence-corrected chi connectivity index (χ0v) is 9.44. The standard InChI is InChI=1S/C7H15N.C4H10O/c1-8-7-5-3-2-4-6-7;1-3-5-4-2/h7-8H,2-6H2,1H3;3-4H2,1-2H3. The van der Waals surface area contributed by atoms with Gasteiger partial charge in [-0.25, -0.2) is 0 Å². The van der Waals surface area contributed by atoms with Crippen molar-refractivity contribution in [1.29, 1.82) is 0 Å². The van der Waals surface area contributed by atoms with Gasteiger partial charge in [0.05, 0.1) is 0 Å². The molecule has 0 aromatic carbocycles. The molecule has 2 heteroatoms. The third kappa shape index (κ3) is 8.26. The average Bonchev–Trinajstić information content (AvgIpc) is 2.21. The summed E-state index contributed by atoms with van der Waals surface area (Å²) in [6, 6.07) is 0.837. The Morgan fingerprint density at radius 1 is 1.08 bits per heavy atom. The second-order valence-electron chi connectivity index (χ2n) is 3.41. The maximum absolute atomic E-state index is 4.83. The van der Waals surface area contributed by atoms with Crippen molar-refractivity contribution in [3.05, 3.63) is 0 Å². The van der Waals surface area contributed by atoms with Crippen LogP contribution in [0, 0.1) is 0 Å². The average molecular weight is 187 g/mol. The maximum Gasteiger partial charge on any atom is 0.0437 e. The first-order valence-corrected chi connectivity index (χ1v) is 5.60. The largest absolute Gasteiger partial charge is 0.382 e. The van der Waals surface area contributed by atoms with Crippen molar-refractivity contribution in [3.8, 4) is 0 Å². The van der Waals surface area contributed by atoms with Gasteiger partial charge in [0.1, 0.15) is 0 Å². The van der Waals surface area contributed by atoms with Gasteiger partial charge in [0, 0.05) is 19.3 Å². The minimum Gasteiger partial charge on any atom is -0.382 e. The first-order chi connectivity index (χ1) is 6.35. The summed E-state index contributed by atoms with van der Waals surface area (Å²) in [5.41, 5.74) is 0. The Morgan fingerprint density at radius 2 is 1.62 bits per heavy atom. The van der Waals surface area contributed by atoms with Crippen molar-refractivity contribution in [1.82, 2.24) is 5.32 Å². The van der Waals surface area contributed by atoms with Crippen LogP contribution in [-0.2, 0) is 4.74 Å². The maximum atomic E-state index is 4.83. The Labute approximate surface area is 83.1 Å². The summed E-state index contributed by atoms with van der Waals surface area (Å²) in [5, 5.41) is 3.30. The molecule has 0 aliphatic heterocycles. The Morgan fingerprint density at radius 3 is 1.85 bits per heavy atom. The Bertz CT molecular complexity index is 88.1. The molecule has 0 aromatic rings. The van der Waals surface area contributed by atoms with Gasteiger partial charge in [-0.15, -0.1) is 0 Å². The molecular weight excluding hydrogens is 162 g/mol. The van der Waals surface area contributed by atoms with E-state index in [9.17, 15) is 0 Å². The van der Waals surface area contributed by atoms with Gasteiger partial charge in [0.2, 0.25) is 0 Å². The molecule has 1 aliphatic carbocycles. The minimum atomic E-state index is 0.837. The van der Waals surface area contributed by atoms with Gasteiger partial charge in [0.15, 0.2) is 0 Å². The molecule has 0 amide bonds. The third-order valence-electron chi connectivity index (χ3n) is 2.42. The van der Waals surface area contributed by atoms with E-state index in [1.165, 1.54) is 32.1 Å². The fourth-order valence-electron chi connectivity index (χ4n) is 1.60. The summed E-state index contributed by atoms with van der Waals surface area (Å²) in [5.74, 6) is 0. The molecule has 13 heavy (non-hydrogen) atoms. The zero-order valence-electron chi connectivity index (χ0n) is 9.44. The van der Waals surface area contributed by atoms with E-state index < -0.39 is 0 Å². The molecule has 0 unspecified atom stereocenters. The van der Waals surface area contributed by atoms with Crippen LogP contribution in [0.2, 0.25) is 0 Å². The van der Waals surface area contributed by atoms with Crippen LogP contribution in [0.1, 0.15) is 46.0 Å². The molecular formula is C11H25NO. The second kappa shape index (κ2) is 10.0. The van der Waals surface area contributed by atoms with Crippen LogP contribution in [0.15, 0.2) is 0 Å². The molecule has 0 aromatic heterocycles. The lowest BCUT2D eigenvalue weighted by atomic mass is 9.96. The molecule has 1 rings (SSSR count). The Balaban J connectivity index is 0.000000252. The smallest absolute Gasteiger partial charge is 0.0437 e. The first-order valence-electron chi connectivity index (χ1n) is 5.60. The van der Waals surface area contributed by atoms with E-state index in [1.807, 2.05) is 13.8 Å². The molecule has 0 spiro atoms. The molecule has 0 heterocycles. The molecule has 0 bridgehead atoms. The van der Waals surface area contributed by atoms with Crippen molar-refractivity contribution in [2.75, 3.05) is 20.3 Å².